The zero-order valence-corrected chi connectivity index (χ0v) is 24.2. The summed E-state index contributed by atoms with van der Waals surface area (Å²) >= 11 is 4.78. The fraction of sp³-hybridized carbons (Fsp3) is 0.226. The number of halogens is 1. The second-order valence-electron chi connectivity index (χ2n) is 9.80. The lowest BCUT2D eigenvalue weighted by atomic mass is 10.0. The minimum atomic E-state index is -0.250. The summed E-state index contributed by atoms with van der Waals surface area (Å²) < 4.78 is 8.71. The predicted molar refractivity (Wildman–Crippen MR) is 161 cm³/mol. The van der Waals surface area contributed by atoms with Gasteiger partial charge in [-0.05, 0) is 93.8 Å². The Kier molecular flexibility index (Phi) is 7.10. The maximum Gasteiger partial charge on any atom is 0.293 e. The normalized spacial score (nSPS) is 17.2. The second-order valence-corrected chi connectivity index (χ2v) is 11.7. The van der Waals surface area contributed by atoms with E-state index in [4.69, 9.17) is 4.74 Å². The molecule has 0 bridgehead atoms. The number of benzene rings is 3. The number of carbonyl (C=O) groups is 2. The van der Waals surface area contributed by atoms with Gasteiger partial charge in [-0.3, -0.25) is 14.5 Å². The Labute approximate surface area is 240 Å². The van der Waals surface area contributed by atoms with Crippen molar-refractivity contribution in [2.45, 2.75) is 20.4 Å². The highest BCUT2D eigenvalue weighted by molar-refractivity contribution is 9.10. The van der Waals surface area contributed by atoms with Crippen molar-refractivity contribution in [3.05, 3.63) is 98.6 Å². The van der Waals surface area contributed by atoms with Gasteiger partial charge < -0.3 is 14.2 Å². The third-order valence-electron chi connectivity index (χ3n) is 7.38. The molecule has 2 saturated heterocycles. The molecule has 6 nitrogen and oxygen atoms in total. The molecule has 0 saturated carbocycles. The summed E-state index contributed by atoms with van der Waals surface area (Å²) in [6.45, 7) is 7.58. The first-order valence-corrected chi connectivity index (χ1v) is 14.6. The quantitative estimate of drug-likeness (QED) is 0.229. The molecule has 0 unspecified atom stereocenters. The monoisotopic (exact) mass is 601 g/mol. The van der Waals surface area contributed by atoms with E-state index in [0.717, 1.165) is 87.2 Å². The molecule has 8 heteroatoms. The summed E-state index contributed by atoms with van der Waals surface area (Å²) in [6.07, 6.45) is 1.85. The van der Waals surface area contributed by atoms with Crippen LogP contribution in [0.3, 0.4) is 0 Å². The first kappa shape index (κ1) is 25.9. The average molecular weight is 603 g/mol. The van der Waals surface area contributed by atoms with Crippen molar-refractivity contribution in [2.24, 2.45) is 0 Å². The van der Waals surface area contributed by atoms with E-state index in [9.17, 15) is 9.59 Å². The van der Waals surface area contributed by atoms with Gasteiger partial charge in [0.1, 0.15) is 0 Å². The third kappa shape index (κ3) is 4.93. The molecule has 0 aliphatic carbocycles. The summed E-state index contributed by atoms with van der Waals surface area (Å²) in [7, 11) is 0. The van der Waals surface area contributed by atoms with Crippen molar-refractivity contribution in [2.75, 3.05) is 31.2 Å². The Hall–Kier alpha value is -3.33. The molecule has 2 aliphatic rings. The van der Waals surface area contributed by atoms with Crippen molar-refractivity contribution in [1.82, 2.24) is 9.47 Å². The van der Waals surface area contributed by atoms with Gasteiger partial charge in [-0.2, -0.15) is 0 Å². The lowest BCUT2D eigenvalue weighted by molar-refractivity contribution is -0.123. The first-order chi connectivity index (χ1) is 18.9. The number of anilines is 1. The van der Waals surface area contributed by atoms with Crippen LogP contribution in [-0.4, -0.2) is 46.9 Å². The number of rotatable bonds is 5. The summed E-state index contributed by atoms with van der Waals surface area (Å²) in [5.41, 5.74) is 6.15. The summed E-state index contributed by atoms with van der Waals surface area (Å²) in [5.74, 6) is -0.250. The molecule has 0 N–H and O–H groups in total. The van der Waals surface area contributed by atoms with Crippen molar-refractivity contribution < 1.29 is 14.3 Å². The van der Waals surface area contributed by atoms with Crippen LogP contribution in [0.15, 0.2) is 76.1 Å². The number of amides is 2. The molecule has 4 aromatic rings. The number of fused-ring (bicyclic) bond motifs is 1. The Balaban J connectivity index is 1.26. The number of hydrogen-bond acceptors (Lipinski definition) is 5. The molecule has 39 heavy (non-hydrogen) atoms. The van der Waals surface area contributed by atoms with Gasteiger partial charge in [0.25, 0.3) is 11.1 Å². The zero-order chi connectivity index (χ0) is 27.1. The van der Waals surface area contributed by atoms with Gasteiger partial charge >= 0.3 is 0 Å². The number of aromatic nitrogens is 1. The van der Waals surface area contributed by atoms with E-state index >= 15 is 0 Å². The van der Waals surface area contributed by atoms with E-state index in [1.165, 1.54) is 4.90 Å². The zero-order valence-electron chi connectivity index (χ0n) is 21.8. The number of hydrogen-bond donors (Lipinski definition) is 0. The molecular weight excluding hydrogens is 574 g/mol. The highest BCUT2D eigenvalue weighted by Crippen LogP contribution is 2.36. The molecule has 3 heterocycles. The first-order valence-electron chi connectivity index (χ1n) is 12.9. The van der Waals surface area contributed by atoms with E-state index in [1.54, 1.807) is 0 Å². The van der Waals surface area contributed by atoms with Gasteiger partial charge in [-0.15, -0.1) is 0 Å². The van der Waals surface area contributed by atoms with Crippen molar-refractivity contribution >= 4 is 61.4 Å². The molecule has 3 aromatic carbocycles. The Bertz CT molecular complexity index is 1630. The smallest absolute Gasteiger partial charge is 0.293 e. The summed E-state index contributed by atoms with van der Waals surface area (Å²) in [5, 5.41) is 1.91. The second kappa shape index (κ2) is 10.7. The molecule has 6 rings (SSSR count). The van der Waals surface area contributed by atoms with Gasteiger partial charge in [0, 0.05) is 34.6 Å². The number of nitrogens with zero attached hydrogens (tertiary/aromatic N) is 3. The standard InChI is InChI=1S/C31H28BrN3O3S/c1-20-16-24(21(2)35(20)25-10-11-28(27(32)18-25)33-12-14-38-15-13-33)17-29-30(36)34(31(37)39-29)19-23-8-5-7-22-6-3-4-9-26(22)23/h3-11,16-18H,12-15,19H2,1-2H3/b29-17-. The minimum absolute atomic E-state index is 0.240. The van der Waals surface area contributed by atoms with Crippen molar-refractivity contribution in [3.63, 3.8) is 0 Å². The van der Waals surface area contributed by atoms with Gasteiger partial charge in [-0.1, -0.05) is 42.5 Å². The van der Waals surface area contributed by atoms with Crippen LogP contribution in [0.5, 0.6) is 0 Å². The molecule has 2 fully saturated rings. The maximum absolute atomic E-state index is 13.4. The Morgan fingerprint density at radius 1 is 0.974 bits per heavy atom. The third-order valence-corrected chi connectivity index (χ3v) is 8.92. The van der Waals surface area contributed by atoms with E-state index < -0.39 is 0 Å². The summed E-state index contributed by atoms with van der Waals surface area (Å²) in [6, 6.07) is 22.5. The predicted octanol–water partition coefficient (Wildman–Crippen LogP) is 7.08. The van der Waals surface area contributed by atoms with Crippen LogP contribution < -0.4 is 4.90 Å². The van der Waals surface area contributed by atoms with Crippen LogP contribution in [0.2, 0.25) is 0 Å². The topological polar surface area (TPSA) is 54.8 Å². The maximum atomic E-state index is 13.4. The molecule has 2 aliphatic heterocycles. The largest absolute Gasteiger partial charge is 0.378 e. The van der Waals surface area contributed by atoms with Gasteiger partial charge in [-0.25, -0.2) is 0 Å². The fourth-order valence-electron chi connectivity index (χ4n) is 5.40. The minimum Gasteiger partial charge on any atom is -0.378 e. The van der Waals surface area contributed by atoms with E-state index in [-0.39, 0.29) is 17.7 Å². The van der Waals surface area contributed by atoms with Crippen LogP contribution in [0.4, 0.5) is 10.5 Å². The number of thioether (sulfide) groups is 1. The summed E-state index contributed by atoms with van der Waals surface area (Å²) in [4.78, 5) is 30.4. The van der Waals surface area contributed by atoms with Crippen molar-refractivity contribution in [3.8, 4) is 5.69 Å². The molecule has 198 valence electrons. The van der Waals surface area contributed by atoms with E-state index in [2.05, 4.69) is 56.6 Å². The van der Waals surface area contributed by atoms with Gasteiger partial charge in [0.05, 0.1) is 30.4 Å². The Morgan fingerprint density at radius 3 is 2.54 bits per heavy atom. The van der Waals surface area contributed by atoms with Crippen molar-refractivity contribution in [1.29, 1.82) is 0 Å². The molecule has 0 radical (unpaired) electrons. The molecule has 0 atom stereocenters. The average Bonchev–Trinajstić information content (AvgIpc) is 3.37. The van der Waals surface area contributed by atoms with Crippen LogP contribution in [0, 0.1) is 13.8 Å². The van der Waals surface area contributed by atoms with E-state index in [0.29, 0.717) is 4.91 Å². The van der Waals surface area contributed by atoms with Crippen LogP contribution >= 0.6 is 27.7 Å². The lowest BCUT2D eigenvalue weighted by Gasteiger charge is -2.30. The number of morpholine rings is 1. The van der Waals surface area contributed by atoms with Gasteiger partial charge in [0.2, 0.25) is 0 Å². The van der Waals surface area contributed by atoms with Crippen LogP contribution in [-0.2, 0) is 16.1 Å². The molecule has 1 aromatic heterocycles. The number of ether oxygens (including phenoxy) is 1. The number of carbonyl (C=O) groups excluding carboxylic acids is 2. The molecular formula is C31H28BrN3O3S. The van der Waals surface area contributed by atoms with Gasteiger partial charge in [0.15, 0.2) is 0 Å². The highest BCUT2D eigenvalue weighted by Gasteiger charge is 2.35. The number of imide groups is 1. The molecule has 0 spiro atoms. The number of aryl methyl sites for hydroxylation is 1. The SMILES string of the molecule is Cc1cc(/C=C2\SC(=O)N(Cc3cccc4ccccc34)C2=O)c(C)n1-c1ccc(N2CCOCC2)c(Br)c1. The van der Waals surface area contributed by atoms with Crippen LogP contribution in [0.25, 0.3) is 22.5 Å². The highest BCUT2D eigenvalue weighted by atomic mass is 79.9. The van der Waals surface area contributed by atoms with Crippen LogP contribution in [0.1, 0.15) is 22.5 Å². The lowest BCUT2D eigenvalue weighted by Crippen LogP contribution is -2.36. The molecule has 2 amide bonds. The Morgan fingerprint density at radius 2 is 1.74 bits per heavy atom. The fourth-order valence-corrected chi connectivity index (χ4v) is 6.85. The van der Waals surface area contributed by atoms with E-state index in [1.807, 2.05) is 55.5 Å².